The van der Waals surface area contributed by atoms with Gasteiger partial charge >= 0.3 is 5.97 Å². The van der Waals surface area contributed by atoms with E-state index in [4.69, 9.17) is 9.26 Å². The first-order valence-electron chi connectivity index (χ1n) is 7.16. The molecular weight excluding hydrogens is 244 g/mol. The van der Waals surface area contributed by atoms with Crippen LogP contribution in [0.1, 0.15) is 63.1 Å². The van der Waals surface area contributed by atoms with E-state index < -0.39 is 0 Å². The van der Waals surface area contributed by atoms with Crippen LogP contribution in [-0.4, -0.2) is 23.2 Å². The van der Waals surface area contributed by atoms with Gasteiger partial charge in [-0.15, -0.1) is 0 Å². The van der Waals surface area contributed by atoms with E-state index in [-0.39, 0.29) is 17.8 Å². The summed E-state index contributed by atoms with van der Waals surface area (Å²) in [5.74, 6) is 0.786. The molecule has 1 fully saturated rings. The van der Waals surface area contributed by atoms with Crippen LogP contribution in [0.5, 0.6) is 0 Å². The topological polar surface area (TPSA) is 65.2 Å². The molecule has 0 aliphatic heterocycles. The molecule has 5 heteroatoms. The van der Waals surface area contributed by atoms with Crippen LogP contribution in [-0.2, 0) is 16.0 Å². The molecule has 1 unspecified atom stereocenters. The number of carbonyl (C=O) groups excluding carboxylic acids is 1. The van der Waals surface area contributed by atoms with Crippen molar-refractivity contribution in [3.63, 3.8) is 0 Å². The summed E-state index contributed by atoms with van der Waals surface area (Å²) in [6.45, 7) is 2.12. The summed E-state index contributed by atoms with van der Waals surface area (Å²) in [7, 11) is 1.42. The van der Waals surface area contributed by atoms with Gasteiger partial charge in [0.15, 0.2) is 5.82 Å². The summed E-state index contributed by atoms with van der Waals surface area (Å²) in [6.07, 6.45) is 7.32. The lowest BCUT2D eigenvalue weighted by Crippen LogP contribution is -2.21. The first kappa shape index (κ1) is 14.0. The first-order chi connectivity index (χ1) is 9.26. The van der Waals surface area contributed by atoms with Crippen molar-refractivity contribution in [3.05, 3.63) is 11.7 Å². The standard InChI is InChI=1S/C14H22N2O3/c1-3-4-9-11-15-13(19-16-11)12(14(17)18-2)10-7-5-6-8-10/h10,12H,3-9H2,1-2H3. The average molecular weight is 266 g/mol. The molecule has 1 aromatic heterocycles. The molecule has 106 valence electrons. The van der Waals surface area contributed by atoms with Gasteiger partial charge in [0.1, 0.15) is 5.92 Å². The van der Waals surface area contributed by atoms with Gasteiger partial charge in [-0.05, 0) is 25.2 Å². The van der Waals surface area contributed by atoms with Crippen LogP contribution < -0.4 is 0 Å². The lowest BCUT2D eigenvalue weighted by Gasteiger charge is -2.16. The van der Waals surface area contributed by atoms with Crippen LogP contribution in [0.25, 0.3) is 0 Å². The van der Waals surface area contributed by atoms with Crippen LogP contribution >= 0.6 is 0 Å². The number of unbranched alkanes of at least 4 members (excludes halogenated alkanes) is 1. The summed E-state index contributed by atoms with van der Waals surface area (Å²) in [4.78, 5) is 16.4. The van der Waals surface area contributed by atoms with Gasteiger partial charge in [0.25, 0.3) is 0 Å². The first-order valence-corrected chi connectivity index (χ1v) is 7.16. The van der Waals surface area contributed by atoms with Gasteiger partial charge in [0, 0.05) is 6.42 Å². The number of nitrogens with zero attached hydrogens (tertiary/aromatic N) is 2. The number of aryl methyl sites for hydroxylation is 1. The zero-order valence-electron chi connectivity index (χ0n) is 11.7. The van der Waals surface area contributed by atoms with Crippen molar-refractivity contribution in [3.8, 4) is 0 Å². The summed E-state index contributed by atoms with van der Waals surface area (Å²) in [5, 5.41) is 3.97. The minimum Gasteiger partial charge on any atom is -0.468 e. The molecule has 0 radical (unpaired) electrons. The van der Waals surface area contributed by atoms with Crippen LogP contribution in [0, 0.1) is 5.92 Å². The Bertz CT molecular complexity index is 411. The number of hydrogen-bond acceptors (Lipinski definition) is 5. The normalized spacial score (nSPS) is 17.6. The van der Waals surface area contributed by atoms with Crippen LogP contribution in [0.15, 0.2) is 4.52 Å². The third-order valence-electron chi connectivity index (χ3n) is 3.83. The Morgan fingerprint density at radius 3 is 2.84 bits per heavy atom. The predicted molar refractivity (Wildman–Crippen MR) is 69.6 cm³/mol. The van der Waals surface area contributed by atoms with Crippen molar-refractivity contribution < 1.29 is 14.1 Å². The van der Waals surface area contributed by atoms with Gasteiger partial charge in [0.05, 0.1) is 7.11 Å². The predicted octanol–water partition coefficient (Wildman–Crippen LogP) is 2.86. The number of rotatable bonds is 6. The van der Waals surface area contributed by atoms with E-state index in [0.29, 0.717) is 11.7 Å². The Kier molecular flexibility index (Phi) is 4.93. The van der Waals surface area contributed by atoms with Crippen LogP contribution in [0.4, 0.5) is 0 Å². The Labute approximate surface area is 113 Å². The molecule has 0 spiro atoms. The van der Waals surface area contributed by atoms with Gasteiger partial charge in [-0.1, -0.05) is 31.3 Å². The number of esters is 1. The summed E-state index contributed by atoms with van der Waals surface area (Å²) in [6, 6.07) is 0. The van der Waals surface area contributed by atoms with Crippen molar-refractivity contribution in [2.45, 2.75) is 57.8 Å². The fraction of sp³-hybridized carbons (Fsp3) is 0.786. The van der Waals surface area contributed by atoms with Gasteiger partial charge in [0.2, 0.25) is 5.89 Å². The molecule has 0 N–H and O–H groups in total. The monoisotopic (exact) mass is 266 g/mol. The molecule has 1 atom stereocenters. The van der Waals surface area contributed by atoms with E-state index in [1.54, 1.807) is 0 Å². The fourth-order valence-corrected chi connectivity index (χ4v) is 2.74. The average Bonchev–Trinajstić information content (AvgIpc) is 3.08. The zero-order valence-corrected chi connectivity index (χ0v) is 11.7. The van der Waals surface area contributed by atoms with Gasteiger partial charge in [-0.3, -0.25) is 4.79 Å². The molecule has 19 heavy (non-hydrogen) atoms. The highest BCUT2D eigenvalue weighted by atomic mass is 16.5. The minimum absolute atomic E-state index is 0.252. The molecule has 1 aliphatic rings. The Balaban J connectivity index is 2.12. The molecule has 0 aromatic carbocycles. The molecule has 0 amide bonds. The highest BCUT2D eigenvalue weighted by Gasteiger charge is 2.37. The van der Waals surface area contributed by atoms with E-state index in [9.17, 15) is 4.79 Å². The Morgan fingerprint density at radius 1 is 1.47 bits per heavy atom. The number of methoxy groups -OCH3 is 1. The lowest BCUT2D eigenvalue weighted by atomic mass is 9.91. The van der Waals surface area contributed by atoms with Gasteiger partial charge in [-0.25, -0.2) is 0 Å². The van der Waals surface area contributed by atoms with Crippen molar-refractivity contribution in [1.29, 1.82) is 0 Å². The van der Waals surface area contributed by atoms with Gasteiger partial charge < -0.3 is 9.26 Å². The van der Waals surface area contributed by atoms with Crippen LogP contribution in [0.3, 0.4) is 0 Å². The number of carbonyl (C=O) groups is 1. The van der Waals surface area contributed by atoms with E-state index >= 15 is 0 Å². The SMILES string of the molecule is CCCCc1noc(C(C(=O)OC)C2CCCC2)n1. The number of hydrogen-bond donors (Lipinski definition) is 0. The summed E-state index contributed by atoms with van der Waals surface area (Å²) < 4.78 is 10.2. The van der Waals surface area contributed by atoms with E-state index in [1.165, 1.54) is 7.11 Å². The van der Waals surface area contributed by atoms with Crippen molar-refractivity contribution in [2.24, 2.45) is 5.92 Å². The molecule has 5 nitrogen and oxygen atoms in total. The Morgan fingerprint density at radius 2 is 2.21 bits per heavy atom. The van der Waals surface area contributed by atoms with Crippen molar-refractivity contribution >= 4 is 5.97 Å². The molecule has 1 aromatic rings. The quantitative estimate of drug-likeness (QED) is 0.741. The summed E-state index contributed by atoms with van der Waals surface area (Å²) in [5.41, 5.74) is 0. The molecule has 0 saturated heterocycles. The smallest absolute Gasteiger partial charge is 0.318 e. The molecule has 1 heterocycles. The number of ether oxygens (including phenoxy) is 1. The highest BCUT2D eigenvalue weighted by Crippen LogP contribution is 2.37. The molecular formula is C14H22N2O3. The molecule has 1 saturated carbocycles. The maximum atomic E-state index is 12.0. The second-order valence-corrected chi connectivity index (χ2v) is 5.20. The largest absolute Gasteiger partial charge is 0.468 e. The third-order valence-corrected chi connectivity index (χ3v) is 3.83. The fourth-order valence-electron chi connectivity index (χ4n) is 2.74. The molecule has 1 aliphatic carbocycles. The minimum atomic E-state index is -0.379. The van der Waals surface area contributed by atoms with Crippen molar-refractivity contribution in [1.82, 2.24) is 10.1 Å². The second kappa shape index (κ2) is 6.68. The van der Waals surface area contributed by atoms with E-state index in [1.807, 2.05) is 0 Å². The lowest BCUT2D eigenvalue weighted by molar-refractivity contribution is -0.144. The maximum Gasteiger partial charge on any atom is 0.318 e. The highest BCUT2D eigenvalue weighted by molar-refractivity contribution is 5.77. The third kappa shape index (κ3) is 3.33. The summed E-state index contributed by atoms with van der Waals surface area (Å²) >= 11 is 0. The van der Waals surface area contributed by atoms with Crippen LogP contribution in [0.2, 0.25) is 0 Å². The van der Waals surface area contributed by atoms with E-state index in [2.05, 4.69) is 17.1 Å². The van der Waals surface area contributed by atoms with Crippen molar-refractivity contribution in [2.75, 3.05) is 7.11 Å². The maximum absolute atomic E-state index is 12.0. The molecule has 0 bridgehead atoms. The second-order valence-electron chi connectivity index (χ2n) is 5.20. The zero-order chi connectivity index (χ0) is 13.7. The Hall–Kier alpha value is -1.39. The van der Waals surface area contributed by atoms with E-state index in [0.717, 1.165) is 44.9 Å². The van der Waals surface area contributed by atoms with Gasteiger partial charge in [-0.2, -0.15) is 4.98 Å². The number of aromatic nitrogens is 2. The molecule has 2 rings (SSSR count).